The minimum atomic E-state index is -2.60. The topological polar surface area (TPSA) is 194 Å². The third kappa shape index (κ3) is 4.09. The highest BCUT2D eigenvalue weighted by Gasteiger charge is 2.60. The van der Waals surface area contributed by atoms with E-state index < -0.39 is 52.0 Å². The molecular weight excluding hydrogens is 518 g/mol. The van der Waals surface area contributed by atoms with Crippen molar-refractivity contribution in [3.63, 3.8) is 0 Å². The highest BCUT2D eigenvalue weighted by atomic mass is 16.3. The second-order valence-corrected chi connectivity index (χ2v) is 10.8. The summed E-state index contributed by atoms with van der Waals surface area (Å²) in [6, 6.07) is 8.46. The maximum Gasteiger partial charge on any atom is 0.255 e. The summed E-state index contributed by atoms with van der Waals surface area (Å²) < 4.78 is 0. The number of rotatable bonds is 6. The molecule has 11 nitrogen and oxygen atoms in total. The second-order valence-electron chi connectivity index (χ2n) is 10.8. The number of primary amides is 1. The Morgan fingerprint density at radius 3 is 2.38 bits per heavy atom. The fourth-order valence-electron chi connectivity index (χ4n) is 6.21. The molecule has 0 radical (unpaired) electrons. The van der Waals surface area contributed by atoms with E-state index in [1.54, 1.807) is 30.3 Å². The summed E-state index contributed by atoms with van der Waals surface area (Å²) in [6.45, 7) is 0.642. The minimum Gasteiger partial charge on any atom is -0.508 e. The van der Waals surface area contributed by atoms with E-state index in [-0.39, 0.29) is 48.4 Å². The zero-order valence-corrected chi connectivity index (χ0v) is 22.1. The Morgan fingerprint density at radius 2 is 1.75 bits per heavy atom. The lowest BCUT2D eigenvalue weighted by molar-refractivity contribution is -0.147. The number of fused-ring (bicyclic) bond motifs is 3. The molecule has 2 aromatic carbocycles. The van der Waals surface area contributed by atoms with Crippen LogP contribution in [-0.2, 0) is 33.9 Å². The van der Waals surface area contributed by atoms with E-state index in [4.69, 9.17) is 5.73 Å². The number of Topliss-reactive ketones (excluding diaryl/α,β-unsaturated/α-hetero) is 2. The van der Waals surface area contributed by atoms with Gasteiger partial charge in [0.05, 0.1) is 5.56 Å². The van der Waals surface area contributed by atoms with Gasteiger partial charge in [0.1, 0.15) is 28.6 Å². The molecule has 1 saturated carbocycles. The third-order valence-electron chi connectivity index (χ3n) is 8.18. The van der Waals surface area contributed by atoms with E-state index in [0.29, 0.717) is 23.4 Å². The molecule has 2 aromatic rings. The number of ketones is 2. The first-order valence-electron chi connectivity index (χ1n) is 12.9. The largest absolute Gasteiger partial charge is 0.508 e. The van der Waals surface area contributed by atoms with Gasteiger partial charge in [-0.15, -0.1) is 0 Å². The molecule has 1 amide bonds. The van der Waals surface area contributed by atoms with Gasteiger partial charge in [0.25, 0.3) is 5.91 Å². The molecule has 0 heterocycles. The Kier molecular flexibility index (Phi) is 6.59. The average molecular weight is 550 g/mol. The number of amides is 1. The number of aliphatic hydroxyl groups excluding tert-OH is 2. The minimum absolute atomic E-state index is 0.0553. The molecule has 0 saturated heterocycles. The first-order chi connectivity index (χ1) is 18.9. The Balaban J connectivity index is 1.57. The zero-order valence-electron chi connectivity index (χ0n) is 22.1. The van der Waals surface area contributed by atoms with E-state index in [0.717, 1.165) is 5.56 Å². The van der Waals surface area contributed by atoms with Crippen molar-refractivity contribution in [1.82, 2.24) is 5.32 Å². The molecular formula is C29H31N3O8. The Morgan fingerprint density at radius 1 is 1.07 bits per heavy atom. The number of phenols is 2. The van der Waals surface area contributed by atoms with Gasteiger partial charge in [-0.2, -0.15) is 0 Å². The van der Waals surface area contributed by atoms with Crippen molar-refractivity contribution in [1.29, 1.82) is 0 Å². The number of anilines is 1. The third-order valence-corrected chi connectivity index (χ3v) is 8.18. The van der Waals surface area contributed by atoms with Gasteiger partial charge in [-0.05, 0) is 48.1 Å². The Labute approximate surface area is 229 Å². The van der Waals surface area contributed by atoms with Gasteiger partial charge in [-0.3, -0.25) is 14.4 Å². The highest BCUT2D eigenvalue weighted by Crippen LogP contribution is 2.53. The number of hydrogen-bond acceptors (Lipinski definition) is 10. The maximum atomic E-state index is 13.7. The van der Waals surface area contributed by atoms with Gasteiger partial charge in [0, 0.05) is 56.3 Å². The summed E-state index contributed by atoms with van der Waals surface area (Å²) in [4.78, 5) is 39.9. The monoisotopic (exact) mass is 549 g/mol. The van der Waals surface area contributed by atoms with Crippen LogP contribution < -0.4 is 16.0 Å². The normalized spacial score (nSPS) is 24.0. The van der Waals surface area contributed by atoms with Gasteiger partial charge in [-0.1, -0.05) is 12.1 Å². The van der Waals surface area contributed by atoms with E-state index in [2.05, 4.69) is 5.32 Å². The van der Waals surface area contributed by atoms with Crippen LogP contribution in [0.3, 0.4) is 0 Å². The van der Waals surface area contributed by atoms with Crippen molar-refractivity contribution in [2.45, 2.75) is 38.0 Å². The van der Waals surface area contributed by atoms with Gasteiger partial charge in [0.15, 0.2) is 11.4 Å². The lowest BCUT2D eigenvalue weighted by Gasteiger charge is -2.46. The molecule has 0 aromatic heterocycles. The molecule has 3 atom stereocenters. The summed E-state index contributed by atoms with van der Waals surface area (Å²) in [5.41, 5.74) is 4.38. The van der Waals surface area contributed by atoms with Crippen LogP contribution in [0, 0.1) is 11.8 Å². The molecule has 1 fully saturated rings. The molecule has 0 aliphatic heterocycles. The number of nitrogens with zero attached hydrogens (tertiary/aromatic N) is 1. The smallest absolute Gasteiger partial charge is 0.255 e. The molecule has 5 rings (SSSR count). The molecule has 40 heavy (non-hydrogen) atoms. The van der Waals surface area contributed by atoms with Crippen LogP contribution in [-0.4, -0.2) is 62.7 Å². The van der Waals surface area contributed by atoms with Gasteiger partial charge in [0.2, 0.25) is 5.78 Å². The molecule has 0 spiro atoms. The van der Waals surface area contributed by atoms with Crippen LogP contribution in [0.15, 0.2) is 47.2 Å². The van der Waals surface area contributed by atoms with E-state index >= 15 is 0 Å². The summed E-state index contributed by atoms with van der Waals surface area (Å²) >= 11 is 0. The second kappa shape index (κ2) is 9.68. The standard InChI is InChI=1S/C29H31N3O8/c1-32(2)19-9-15(12-31-11-13-3-5-17(33)6-4-13)24(35)22-18(19)8-14-7-16-10-20(34)23(28(30)39)27(38)29(16,40)26(37)21(14)25(22)36/h3-6,9,14,16,31,33,35-36,38,40H,7-8,10-12H2,1-2H3,(H2,30,39)/t14-,16+,29+/m1/s1. The van der Waals surface area contributed by atoms with E-state index in [9.17, 15) is 39.9 Å². The molecule has 11 heteroatoms. The van der Waals surface area contributed by atoms with Crippen LogP contribution in [0.25, 0.3) is 5.76 Å². The van der Waals surface area contributed by atoms with Crippen molar-refractivity contribution in [3.8, 4) is 11.5 Å². The quantitative estimate of drug-likeness (QED) is 0.260. The van der Waals surface area contributed by atoms with Gasteiger partial charge < -0.3 is 41.5 Å². The Hall–Kier alpha value is -4.35. The zero-order chi connectivity index (χ0) is 29.1. The van der Waals surface area contributed by atoms with Gasteiger partial charge >= 0.3 is 0 Å². The first-order valence-corrected chi connectivity index (χ1v) is 12.9. The van der Waals surface area contributed by atoms with Crippen molar-refractivity contribution < 1.29 is 39.9 Å². The number of carbonyl (C=O) groups is 3. The lowest BCUT2D eigenvalue weighted by atomic mass is 9.59. The Bertz CT molecular complexity index is 1510. The molecule has 0 bridgehead atoms. The van der Waals surface area contributed by atoms with Crippen LogP contribution >= 0.6 is 0 Å². The predicted octanol–water partition coefficient (Wildman–Crippen LogP) is 1.49. The molecule has 3 aliphatic rings. The molecule has 210 valence electrons. The first kappa shape index (κ1) is 27.2. The SMILES string of the molecule is CN(C)c1cc(CNCc2ccc(O)cc2)c(O)c2c1C[C@H]1C[C@H]3CC(=O)C(C(N)=O)=C(O)[C@@]3(O)C(=O)C1=C2O. The number of hydrogen-bond donors (Lipinski definition) is 7. The van der Waals surface area contributed by atoms with Crippen LogP contribution in [0.4, 0.5) is 5.69 Å². The van der Waals surface area contributed by atoms with Crippen molar-refractivity contribution in [3.05, 3.63) is 69.5 Å². The lowest BCUT2D eigenvalue weighted by Crippen LogP contribution is -2.58. The van der Waals surface area contributed by atoms with E-state index in [1.807, 2.05) is 19.0 Å². The number of nitrogens with one attached hydrogen (secondary N) is 1. The molecule has 3 aliphatic carbocycles. The number of phenolic OH excluding ortho intramolecular Hbond substituents is 2. The number of carbonyl (C=O) groups excluding carboxylic acids is 3. The summed E-state index contributed by atoms with van der Waals surface area (Å²) in [6.07, 6.45) is -0.0530. The van der Waals surface area contributed by atoms with Crippen molar-refractivity contribution in [2.24, 2.45) is 17.6 Å². The van der Waals surface area contributed by atoms with Gasteiger partial charge in [-0.25, -0.2) is 0 Å². The van der Waals surface area contributed by atoms with Crippen LogP contribution in [0.2, 0.25) is 0 Å². The van der Waals surface area contributed by atoms with Crippen LogP contribution in [0.1, 0.15) is 35.1 Å². The average Bonchev–Trinajstić information content (AvgIpc) is 2.88. The number of benzene rings is 2. The summed E-state index contributed by atoms with van der Waals surface area (Å²) in [5, 5.41) is 57.6. The van der Waals surface area contributed by atoms with Crippen molar-refractivity contribution >= 4 is 28.9 Å². The number of aromatic hydroxyl groups is 2. The number of nitrogens with two attached hydrogens (primary N) is 1. The van der Waals surface area contributed by atoms with Crippen molar-refractivity contribution in [2.75, 3.05) is 19.0 Å². The fourth-order valence-corrected chi connectivity index (χ4v) is 6.21. The predicted molar refractivity (Wildman–Crippen MR) is 144 cm³/mol. The molecule has 8 N–H and O–H groups in total. The summed E-state index contributed by atoms with van der Waals surface area (Å²) in [7, 11) is 3.63. The van der Waals surface area contributed by atoms with E-state index in [1.165, 1.54) is 0 Å². The molecule has 0 unspecified atom stereocenters. The van der Waals surface area contributed by atoms with Crippen LogP contribution in [0.5, 0.6) is 11.5 Å². The summed E-state index contributed by atoms with van der Waals surface area (Å²) in [5.74, 6) is -6.35. The highest BCUT2D eigenvalue weighted by molar-refractivity contribution is 6.22. The number of aliphatic hydroxyl groups is 3. The maximum absolute atomic E-state index is 13.7. The fraction of sp³-hybridized carbons (Fsp3) is 0.345.